The lowest BCUT2D eigenvalue weighted by molar-refractivity contribution is 0.0517. The summed E-state index contributed by atoms with van der Waals surface area (Å²) in [4.78, 5) is 28.5. The number of carbonyl (C=O) groups is 2. The summed E-state index contributed by atoms with van der Waals surface area (Å²) in [5.41, 5.74) is 7.52. The third-order valence-corrected chi connectivity index (χ3v) is 15.2. The van der Waals surface area contributed by atoms with Crippen molar-refractivity contribution < 1.29 is 94.9 Å². The highest BCUT2D eigenvalue weighted by molar-refractivity contribution is 6.08. The Hall–Kier alpha value is -10.5. The molecule has 8 aromatic carbocycles. The molecule has 20 nitrogen and oxygen atoms in total. The minimum Gasteiger partial charge on any atom is -0.493 e. The van der Waals surface area contributed by atoms with Crippen LogP contribution < -0.4 is 75.8 Å². The van der Waals surface area contributed by atoms with Gasteiger partial charge in [-0.1, -0.05) is 0 Å². The van der Waals surface area contributed by atoms with Crippen LogP contribution in [-0.2, 0) is 9.47 Å². The monoisotopic (exact) mass is 1230 g/mol. The van der Waals surface area contributed by atoms with Gasteiger partial charge in [0.25, 0.3) is 0 Å². The van der Waals surface area contributed by atoms with Crippen molar-refractivity contribution in [3.8, 4) is 170 Å². The van der Waals surface area contributed by atoms with Gasteiger partial charge in [0.1, 0.15) is 0 Å². The molecule has 0 fully saturated rings. The van der Waals surface area contributed by atoms with Crippen LogP contribution in [0.25, 0.3) is 77.9 Å². The predicted molar refractivity (Wildman–Crippen MR) is 341 cm³/mol. The molecule has 90 heavy (non-hydrogen) atoms. The number of carbonyl (C=O) groups excluding carboxylic acids is 2. The quantitative estimate of drug-likeness (QED) is 0.0440. The third-order valence-electron chi connectivity index (χ3n) is 15.2. The molecule has 0 aliphatic carbocycles. The van der Waals surface area contributed by atoms with Crippen molar-refractivity contribution in [1.29, 1.82) is 0 Å². The molecule has 0 saturated carbocycles. The molecule has 0 N–H and O–H groups in total. The number of hydrogen-bond acceptors (Lipinski definition) is 20. The average Bonchev–Trinajstić information content (AvgIpc) is 0.767. The minimum atomic E-state index is -0.622. The van der Waals surface area contributed by atoms with E-state index < -0.39 is 11.9 Å². The van der Waals surface area contributed by atoms with Crippen LogP contribution in [0.4, 0.5) is 0 Å². The maximum atomic E-state index is 14.2. The molecule has 0 aliphatic heterocycles. The van der Waals surface area contributed by atoms with E-state index in [4.69, 9.17) is 85.3 Å². The van der Waals surface area contributed by atoms with Gasteiger partial charge in [0.2, 0.25) is 0 Å². The summed E-state index contributed by atoms with van der Waals surface area (Å²) in [5.74, 6) is 4.20. The first kappa shape index (κ1) is 65.5. The number of ether oxygens (including phenoxy) is 18. The van der Waals surface area contributed by atoms with E-state index in [2.05, 4.69) is 0 Å². The topological polar surface area (TPSA) is 200 Å². The Labute approximate surface area is 523 Å². The van der Waals surface area contributed by atoms with Crippen LogP contribution in [0.2, 0.25) is 0 Å². The first-order valence-electron chi connectivity index (χ1n) is 28.1. The fraction of sp³-hybridized carbons (Fsp3) is 0.286. The lowest BCUT2D eigenvalue weighted by Gasteiger charge is -2.25. The summed E-state index contributed by atoms with van der Waals surface area (Å²) in [7, 11) is 24.4. The van der Waals surface area contributed by atoms with E-state index in [1.807, 2.05) is 60.7 Å². The molecule has 8 rings (SSSR count). The van der Waals surface area contributed by atoms with Crippen LogP contribution in [0.3, 0.4) is 0 Å². The molecule has 0 aliphatic rings. The van der Waals surface area contributed by atoms with E-state index in [0.29, 0.717) is 170 Å². The predicted octanol–water partition coefficient (Wildman–Crippen LogP) is 13.8. The van der Waals surface area contributed by atoms with E-state index in [1.54, 1.807) is 92.9 Å². The van der Waals surface area contributed by atoms with Crippen molar-refractivity contribution in [2.24, 2.45) is 0 Å². The van der Waals surface area contributed by atoms with Crippen molar-refractivity contribution in [3.63, 3.8) is 0 Å². The fourth-order valence-corrected chi connectivity index (χ4v) is 10.9. The molecule has 0 saturated heterocycles. The van der Waals surface area contributed by atoms with Gasteiger partial charge in [0.05, 0.1) is 138 Å². The standard InChI is InChI=1S/C70H74O20/c1-19-89-69(71)51-35-67(87-17)65(85-15)33-49(51)47-31-63(83-13)61(81-11)29-45(47)43-27-59(79-9)57(77-7)25-41(43)39-23-55(75-5)53(73-3)21-37(39)38-22-54(74-4)56(76-6)24-40(38)42-26-58(78-8)60(80-10)28-44(42)46-30-62(82-12)64(84-14)32-48(46)50-34-66(86-16)68(88-18)36-52(50)70(72)90-20-2/h21-36H,19-20H2,1-18H3. The molecule has 0 spiro atoms. The Morgan fingerprint density at radius 3 is 0.433 bits per heavy atom. The maximum Gasteiger partial charge on any atom is 0.338 e. The minimum absolute atomic E-state index is 0.0833. The van der Waals surface area contributed by atoms with E-state index >= 15 is 0 Å². The third kappa shape index (κ3) is 12.4. The second kappa shape index (κ2) is 29.0. The van der Waals surface area contributed by atoms with Crippen molar-refractivity contribution in [3.05, 3.63) is 108 Å². The van der Waals surface area contributed by atoms with Gasteiger partial charge >= 0.3 is 11.9 Å². The van der Waals surface area contributed by atoms with Crippen LogP contribution in [0.5, 0.6) is 92.0 Å². The first-order chi connectivity index (χ1) is 43.6. The van der Waals surface area contributed by atoms with E-state index in [9.17, 15) is 9.59 Å². The zero-order valence-corrected chi connectivity index (χ0v) is 53.8. The normalized spacial score (nSPS) is 10.7. The van der Waals surface area contributed by atoms with Gasteiger partial charge in [-0.05, 0) is 178 Å². The van der Waals surface area contributed by atoms with Crippen molar-refractivity contribution in [2.45, 2.75) is 13.8 Å². The molecular weight excluding hydrogens is 1160 g/mol. The molecule has 0 heterocycles. The van der Waals surface area contributed by atoms with Gasteiger partial charge < -0.3 is 85.3 Å². The second-order valence-corrected chi connectivity index (χ2v) is 19.5. The zero-order valence-electron chi connectivity index (χ0n) is 53.8. The highest BCUT2D eigenvalue weighted by Crippen LogP contribution is 2.56. The van der Waals surface area contributed by atoms with Crippen LogP contribution in [0.15, 0.2) is 97.1 Å². The number of rotatable bonds is 27. The van der Waals surface area contributed by atoms with Crippen molar-refractivity contribution in [1.82, 2.24) is 0 Å². The summed E-state index contributed by atoms with van der Waals surface area (Å²) in [6.45, 7) is 3.62. The number of methoxy groups -OCH3 is 16. The summed E-state index contributed by atoms with van der Waals surface area (Å²) in [6.07, 6.45) is 0. The molecule has 20 heteroatoms. The van der Waals surface area contributed by atoms with Crippen LogP contribution in [-0.4, -0.2) is 139 Å². The molecule has 474 valence electrons. The fourth-order valence-electron chi connectivity index (χ4n) is 10.9. The highest BCUT2D eigenvalue weighted by Gasteiger charge is 2.31. The largest absolute Gasteiger partial charge is 0.493 e. The van der Waals surface area contributed by atoms with Crippen LogP contribution in [0, 0.1) is 0 Å². The zero-order chi connectivity index (χ0) is 65.1. The Morgan fingerprint density at radius 2 is 0.311 bits per heavy atom. The molecule has 0 amide bonds. The molecule has 0 radical (unpaired) electrons. The Morgan fingerprint density at radius 1 is 0.200 bits per heavy atom. The van der Waals surface area contributed by atoms with Gasteiger partial charge in [-0.25, -0.2) is 9.59 Å². The van der Waals surface area contributed by atoms with Gasteiger partial charge in [0, 0.05) is 11.1 Å². The number of benzene rings is 8. The Balaban J connectivity index is 1.60. The van der Waals surface area contributed by atoms with E-state index in [0.717, 1.165) is 0 Å². The first-order valence-corrected chi connectivity index (χ1v) is 28.1. The summed E-state index contributed by atoms with van der Waals surface area (Å²) in [5, 5.41) is 0. The van der Waals surface area contributed by atoms with Gasteiger partial charge in [-0.2, -0.15) is 0 Å². The maximum absolute atomic E-state index is 14.2. The van der Waals surface area contributed by atoms with Crippen LogP contribution >= 0.6 is 0 Å². The van der Waals surface area contributed by atoms with Gasteiger partial charge in [-0.15, -0.1) is 0 Å². The van der Waals surface area contributed by atoms with Crippen molar-refractivity contribution >= 4 is 11.9 Å². The average molecular weight is 1240 g/mol. The van der Waals surface area contributed by atoms with Gasteiger partial charge in [0.15, 0.2) is 92.0 Å². The Bertz CT molecular complexity index is 3710. The molecule has 0 bridgehead atoms. The SMILES string of the molecule is CCOC(=O)c1cc(OC)c(OC)cc1-c1cc(OC)c(OC)cc1-c1cc(OC)c(OC)cc1-c1cc(OC)c(OC)cc1-c1cc(OC)c(OC)cc1-c1cc(OC)c(OC)cc1-c1cc(OC)c(OC)cc1-c1cc(OC)c(OC)cc1C(=O)OCC. The van der Waals surface area contributed by atoms with Gasteiger partial charge in [-0.3, -0.25) is 0 Å². The number of esters is 2. The lowest BCUT2D eigenvalue weighted by atomic mass is 9.82. The molecular formula is C70H74O20. The molecule has 0 aromatic heterocycles. The summed E-state index contributed by atoms with van der Waals surface area (Å²) < 4.78 is 108. The summed E-state index contributed by atoms with van der Waals surface area (Å²) in [6, 6.07) is 28.6. The van der Waals surface area contributed by atoms with E-state index in [-0.39, 0.29) is 24.3 Å². The molecule has 8 aromatic rings. The smallest absolute Gasteiger partial charge is 0.338 e. The second-order valence-electron chi connectivity index (χ2n) is 19.5. The van der Waals surface area contributed by atoms with E-state index in [1.165, 1.54) is 71.1 Å². The van der Waals surface area contributed by atoms with Crippen molar-refractivity contribution in [2.75, 3.05) is 127 Å². The highest BCUT2D eigenvalue weighted by atomic mass is 16.6. The lowest BCUT2D eigenvalue weighted by Crippen LogP contribution is -2.08. The van der Waals surface area contributed by atoms with Crippen LogP contribution in [0.1, 0.15) is 34.6 Å². The molecule has 0 atom stereocenters. The summed E-state index contributed by atoms with van der Waals surface area (Å²) >= 11 is 0. The molecule has 0 unspecified atom stereocenters. The Kier molecular flexibility index (Phi) is 21.1. The number of hydrogen-bond donors (Lipinski definition) is 0.